The third-order valence-corrected chi connectivity index (χ3v) is 4.44. The van der Waals surface area contributed by atoms with Crippen molar-refractivity contribution in [2.75, 3.05) is 12.3 Å². The van der Waals surface area contributed by atoms with Gasteiger partial charge >= 0.3 is 0 Å². The molecule has 0 aliphatic heterocycles. The standard InChI is InChI=1S/C14H15ClN2O2S/c1-2-19-11-3-4-13(16)14(7-11)20(18)9-10-5-6-17-8-12(10)15/h3-8H,2,9,16H2,1H3. The van der Waals surface area contributed by atoms with Crippen molar-refractivity contribution in [3.8, 4) is 5.75 Å². The molecule has 0 aliphatic rings. The van der Waals surface area contributed by atoms with Crippen LogP contribution in [-0.4, -0.2) is 15.8 Å². The van der Waals surface area contributed by atoms with E-state index >= 15 is 0 Å². The molecule has 0 aliphatic carbocycles. The Kier molecular flexibility index (Phi) is 4.98. The molecule has 0 radical (unpaired) electrons. The van der Waals surface area contributed by atoms with Gasteiger partial charge in [0.05, 0.1) is 33.1 Å². The molecule has 0 bridgehead atoms. The van der Waals surface area contributed by atoms with Gasteiger partial charge in [-0.3, -0.25) is 9.19 Å². The maximum Gasteiger partial charge on any atom is 0.120 e. The van der Waals surface area contributed by atoms with Crippen LogP contribution in [0, 0.1) is 0 Å². The minimum atomic E-state index is -1.29. The van der Waals surface area contributed by atoms with E-state index in [9.17, 15) is 4.21 Å². The molecule has 2 rings (SSSR count). The molecular formula is C14H15ClN2O2S. The van der Waals surface area contributed by atoms with E-state index in [-0.39, 0.29) is 0 Å². The number of nitrogen functional groups attached to an aromatic ring is 1. The van der Waals surface area contributed by atoms with Crippen LogP contribution in [0.25, 0.3) is 0 Å². The molecule has 1 unspecified atom stereocenters. The third kappa shape index (κ3) is 3.49. The van der Waals surface area contributed by atoms with Crippen LogP contribution in [0.1, 0.15) is 12.5 Å². The Labute approximate surface area is 125 Å². The van der Waals surface area contributed by atoms with Crippen LogP contribution >= 0.6 is 11.6 Å². The second kappa shape index (κ2) is 6.72. The lowest BCUT2D eigenvalue weighted by molar-refractivity contribution is 0.339. The Morgan fingerprint density at radius 3 is 2.90 bits per heavy atom. The maximum atomic E-state index is 12.4. The fourth-order valence-corrected chi connectivity index (χ4v) is 3.24. The highest BCUT2D eigenvalue weighted by molar-refractivity contribution is 7.84. The van der Waals surface area contributed by atoms with Gasteiger partial charge < -0.3 is 10.5 Å². The van der Waals surface area contributed by atoms with Gasteiger partial charge in [0.15, 0.2) is 0 Å². The molecule has 106 valence electrons. The first-order valence-electron chi connectivity index (χ1n) is 6.11. The van der Waals surface area contributed by atoms with Crippen molar-refractivity contribution < 1.29 is 8.95 Å². The molecule has 4 nitrogen and oxygen atoms in total. The summed E-state index contributed by atoms with van der Waals surface area (Å²) in [5.41, 5.74) is 7.15. The normalized spacial score (nSPS) is 12.1. The number of benzene rings is 1. The van der Waals surface area contributed by atoms with Crippen molar-refractivity contribution in [1.29, 1.82) is 0 Å². The quantitative estimate of drug-likeness (QED) is 0.862. The van der Waals surface area contributed by atoms with Crippen molar-refractivity contribution in [2.24, 2.45) is 0 Å². The van der Waals surface area contributed by atoms with Crippen LogP contribution < -0.4 is 10.5 Å². The molecule has 0 saturated heterocycles. The van der Waals surface area contributed by atoms with Crippen molar-refractivity contribution in [3.63, 3.8) is 0 Å². The summed E-state index contributed by atoms with van der Waals surface area (Å²) >= 11 is 6.02. The Morgan fingerprint density at radius 1 is 1.40 bits per heavy atom. The van der Waals surface area contributed by atoms with Crippen LogP contribution in [0.3, 0.4) is 0 Å². The van der Waals surface area contributed by atoms with Gasteiger partial charge in [0.1, 0.15) is 5.75 Å². The third-order valence-electron chi connectivity index (χ3n) is 2.68. The lowest BCUT2D eigenvalue weighted by Gasteiger charge is -2.09. The Hall–Kier alpha value is -1.59. The van der Waals surface area contributed by atoms with E-state index in [4.69, 9.17) is 22.1 Å². The van der Waals surface area contributed by atoms with Gasteiger partial charge in [-0.2, -0.15) is 0 Å². The molecule has 2 aromatic rings. The lowest BCUT2D eigenvalue weighted by atomic mass is 10.3. The molecule has 0 amide bonds. The summed E-state index contributed by atoms with van der Waals surface area (Å²) in [6.45, 7) is 2.44. The van der Waals surface area contributed by atoms with Gasteiger partial charge in [-0.15, -0.1) is 0 Å². The molecule has 2 N–H and O–H groups in total. The zero-order valence-electron chi connectivity index (χ0n) is 11.0. The highest BCUT2D eigenvalue weighted by atomic mass is 35.5. The number of ether oxygens (including phenoxy) is 1. The average Bonchev–Trinajstić information content (AvgIpc) is 2.43. The first-order chi connectivity index (χ1) is 9.61. The van der Waals surface area contributed by atoms with Crippen molar-refractivity contribution in [2.45, 2.75) is 17.6 Å². The van der Waals surface area contributed by atoms with Crippen LogP contribution in [0.5, 0.6) is 5.75 Å². The van der Waals surface area contributed by atoms with Gasteiger partial charge in [0, 0.05) is 18.1 Å². The zero-order chi connectivity index (χ0) is 14.5. The van der Waals surface area contributed by atoms with Crippen molar-refractivity contribution in [1.82, 2.24) is 4.98 Å². The second-order valence-electron chi connectivity index (χ2n) is 4.09. The number of hydrogen-bond donors (Lipinski definition) is 1. The Balaban J connectivity index is 2.25. The molecule has 0 saturated carbocycles. The number of aromatic nitrogens is 1. The van der Waals surface area contributed by atoms with E-state index in [2.05, 4.69) is 4.98 Å². The molecule has 1 heterocycles. The highest BCUT2D eigenvalue weighted by Crippen LogP contribution is 2.26. The largest absolute Gasteiger partial charge is 0.494 e. The van der Waals surface area contributed by atoms with Gasteiger partial charge in [0.25, 0.3) is 0 Å². The summed E-state index contributed by atoms with van der Waals surface area (Å²) < 4.78 is 17.8. The molecule has 0 fully saturated rings. The maximum absolute atomic E-state index is 12.4. The van der Waals surface area contributed by atoms with Crippen LogP contribution in [0.15, 0.2) is 41.6 Å². The summed E-state index contributed by atoms with van der Waals surface area (Å²) in [5, 5.41) is 0.500. The monoisotopic (exact) mass is 310 g/mol. The molecule has 1 aromatic carbocycles. The summed E-state index contributed by atoms with van der Waals surface area (Å²) in [6.07, 6.45) is 3.16. The Bertz CT molecular complexity index is 634. The number of rotatable bonds is 5. The zero-order valence-corrected chi connectivity index (χ0v) is 12.6. The predicted octanol–water partition coefficient (Wildman–Crippen LogP) is 3.02. The first kappa shape index (κ1) is 14.8. The van der Waals surface area contributed by atoms with Crippen LogP contribution in [0.2, 0.25) is 5.02 Å². The number of anilines is 1. The molecule has 20 heavy (non-hydrogen) atoms. The topological polar surface area (TPSA) is 65.2 Å². The molecule has 1 aromatic heterocycles. The first-order valence-corrected chi connectivity index (χ1v) is 7.80. The number of nitrogens with zero attached hydrogens (tertiary/aromatic N) is 1. The van der Waals surface area contributed by atoms with E-state index in [1.807, 2.05) is 6.92 Å². The predicted molar refractivity (Wildman–Crippen MR) is 81.4 cm³/mol. The fraction of sp³-hybridized carbons (Fsp3) is 0.214. The fourth-order valence-electron chi connectivity index (χ4n) is 1.71. The van der Waals surface area contributed by atoms with E-state index in [0.29, 0.717) is 33.7 Å². The number of pyridine rings is 1. The number of halogens is 1. The van der Waals surface area contributed by atoms with Crippen molar-refractivity contribution >= 4 is 28.1 Å². The highest BCUT2D eigenvalue weighted by Gasteiger charge is 2.12. The van der Waals surface area contributed by atoms with E-state index in [0.717, 1.165) is 5.56 Å². The van der Waals surface area contributed by atoms with E-state index in [1.54, 1.807) is 30.5 Å². The van der Waals surface area contributed by atoms with E-state index < -0.39 is 10.8 Å². The van der Waals surface area contributed by atoms with Gasteiger partial charge in [0.2, 0.25) is 0 Å². The van der Waals surface area contributed by atoms with E-state index in [1.165, 1.54) is 6.20 Å². The summed E-state index contributed by atoms with van der Waals surface area (Å²) in [5.74, 6) is 0.951. The molecule has 0 spiro atoms. The van der Waals surface area contributed by atoms with Crippen LogP contribution in [0.4, 0.5) is 5.69 Å². The summed E-state index contributed by atoms with van der Waals surface area (Å²) in [7, 11) is -1.29. The van der Waals surface area contributed by atoms with Crippen molar-refractivity contribution in [3.05, 3.63) is 47.2 Å². The average molecular weight is 311 g/mol. The second-order valence-corrected chi connectivity index (χ2v) is 5.92. The summed E-state index contributed by atoms with van der Waals surface area (Å²) in [4.78, 5) is 4.46. The number of hydrogen-bond acceptors (Lipinski definition) is 4. The molecule has 6 heteroatoms. The van der Waals surface area contributed by atoms with Gasteiger partial charge in [-0.25, -0.2) is 0 Å². The lowest BCUT2D eigenvalue weighted by Crippen LogP contribution is -2.03. The Morgan fingerprint density at radius 2 is 2.20 bits per heavy atom. The minimum Gasteiger partial charge on any atom is -0.494 e. The van der Waals surface area contributed by atoms with Crippen LogP contribution in [-0.2, 0) is 16.6 Å². The molecule has 1 atom stereocenters. The molecular weight excluding hydrogens is 296 g/mol. The smallest absolute Gasteiger partial charge is 0.120 e. The number of nitrogens with two attached hydrogens (primary N) is 1. The SMILES string of the molecule is CCOc1ccc(N)c(S(=O)Cc2ccncc2Cl)c1. The summed E-state index contributed by atoms with van der Waals surface area (Å²) in [6, 6.07) is 6.93. The minimum absolute atomic E-state index is 0.293. The van der Waals surface area contributed by atoms with Gasteiger partial charge in [-0.1, -0.05) is 11.6 Å². The van der Waals surface area contributed by atoms with Gasteiger partial charge in [-0.05, 0) is 36.8 Å².